The number of halogens is 1. The van der Waals surface area contributed by atoms with Gasteiger partial charge in [0.05, 0.1) is 24.5 Å². The third-order valence-electron chi connectivity index (χ3n) is 6.10. The van der Waals surface area contributed by atoms with Crippen LogP contribution in [0, 0.1) is 20.8 Å². The number of methoxy groups -OCH3 is 1. The van der Waals surface area contributed by atoms with E-state index in [4.69, 9.17) is 16.3 Å². The first-order valence-corrected chi connectivity index (χ1v) is 11.4. The highest BCUT2D eigenvalue weighted by Gasteiger charge is 2.19. The second kappa shape index (κ2) is 9.73. The van der Waals surface area contributed by atoms with E-state index in [9.17, 15) is 9.59 Å². The van der Waals surface area contributed by atoms with E-state index >= 15 is 0 Å². The average molecular weight is 479 g/mol. The normalized spacial score (nSPS) is 11.1. The van der Waals surface area contributed by atoms with E-state index in [0.717, 1.165) is 33.8 Å². The zero-order valence-corrected chi connectivity index (χ0v) is 20.4. The summed E-state index contributed by atoms with van der Waals surface area (Å²) in [5.41, 5.74) is 5.08. The first-order chi connectivity index (χ1) is 16.3. The number of aryl methyl sites for hydroxylation is 3. The van der Waals surface area contributed by atoms with Crippen LogP contribution in [0.4, 0.5) is 0 Å². The Labute approximate surface area is 203 Å². The summed E-state index contributed by atoms with van der Waals surface area (Å²) in [7, 11) is 1.61. The van der Waals surface area contributed by atoms with Crippen LogP contribution in [-0.2, 0) is 17.9 Å². The van der Waals surface area contributed by atoms with Gasteiger partial charge in [-0.2, -0.15) is 0 Å². The molecular weight excluding hydrogens is 452 g/mol. The van der Waals surface area contributed by atoms with Gasteiger partial charge in [0.15, 0.2) is 5.65 Å². The van der Waals surface area contributed by atoms with Gasteiger partial charge in [-0.25, -0.2) is 4.98 Å². The number of nitrogens with zero attached hydrogens (tertiary/aromatic N) is 3. The third kappa shape index (κ3) is 4.56. The highest BCUT2D eigenvalue weighted by Crippen LogP contribution is 2.28. The van der Waals surface area contributed by atoms with E-state index in [-0.39, 0.29) is 24.4 Å². The Kier molecular flexibility index (Phi) is 6.75. The van der Waals surface area contributed by atoms with Crippen LogP contribution in [0.1, 0.15) is 28.8 Å². The van der Waals surface area contributed by atoms with Crippen LogP contribution >= 0.6 is 11.6 Å². The molecule has 0 saturated heterocycles. The van der Waals surface area contributed by atoms with Gasteiger partial charge >= 0.3 is 0 Å². The van der Waals surface area contributed by atoms with E-state index in [1.807, 2.05) is 67.8 Å². The zero-order valence-electron chi connectivity index (χ0n) is 19.7. The lowest BCUT2D eigenvalue weighted by Crippen LogP contribution is -2.27. The summed E-state index contributed by atoms with van der Waals surface area (Å²) in [5.74, 6) is 0.595. The molecule has 1 N–H and O–H groups in total. The molecule has 2 heterocycles. The van der Waals surface area contributed by atoms with Crippen molar-refractivity contribution >= 4 is 28.5 Å². The number of aromatic nitrogens is 3. The second-order valence-corrected chi connectivity index (χ2v) is 8.73. The van der Waals surface area contributed by atoms with E-state index < -0.39 is 0 Å². The quantitative estimate of drug-likeness (QED) is 0.425. The monoisotopic (exact) mass is 478 g/mol. The first-order valence-electron chi connectivity index (χ1n) is 11.0. The van der Waals surface area contributed by atoms with Gasteiger partial charge in [0.25, 0.3) is 5.56 Å². The Morgan fingerprint density at radius 2 is 1.94 bits per heavy atom. The first kappa shape index (κ1) is 23.6. The third-order valence-corrected chi connectivity index (χ3v) is 6.33. The van der Waals surface area contributed by atoms with E-state index in [1.165, 1.54) is 10.9 Å². The van der Waals surface area contributed by atoms with E-state index in [1.54, 1.807) is 7.11 Å². The number of ether oxygens (including phenoxy) is 1. The molecule has 2 aromatic heterocycles. The number of carbonyl (C=O) groups excluding carboxylic acids is 1. The molecule has 0 aliphatic carbocycles. The molecule has 0 spiro atoms. The number of hydrogen-bond acceptors (Lipinski definition) is 4. The number of fused-ring (bicyclic) bond motifs is 1. The van der Waals surface area contributed by atoms with Gasteiger partial charge in [-0.1, -0.05) is 29.8 Å². The molecule has 0 atom stereocenters. The lowest BCUT2D eigenvalue weighted by molar-refractivity contribution is -0.121. The summed E-state index contributed by atoms with van der Waals surface area (Å²) in [4.78, 5) is 30.3. The number of amides is 1. The predicted octanol–water partition coefficient (Wildman–Crippen LogP) is 4.48. The minimum Gasteiger partial charge on any atom is -0.497 e. The number of rotatable bonds is 7. The molecule has 0 radical (unpaired) electrons. The highest BCUT2D eigenvalue weighted by atomic mass is 35.5. The van der Waals surface area contributed by atoms with Crippen molar-refractivity contribution in [3.8, 4) is 11.4 Å². The standard InChI is InChI=1S/C26H27ClN4O3/c1-16-8-9-20(27)13-22(16)31-18(3)17(2)24-25(31)29-15-30(26(24)33)11-10-23(32)28-14-19-6-5-7-21(12-19)34-4/h5-9,12-13,15H,10-11,14H2,1-4H3,(H,28,32). The van der Waals surface area contributed by atoms with E-state index in [2.05, 4.69) is 10.3 Å². The molecule has 4 rings (SSSR count). The van der Waals surface area contributed by atoms with Crippen LogP contribution in [-0.4, -0.2) is 27.1 Å². The number of nitrogens with one attached hydrogen (secondary N) is 1. The Morgan fingerprint density at radius 3 is 2.71 bits per heavy atom. The fourth-order valence-corrected chi connectivity index (χ4v) is 4.22. The largest absolute Gasteiger partial charge is 0.497 e. The summed E-state index contributed by atoms with van der Waals surface area (Å²) in [6, 6.07) is 13.2. The Bertz CT molecular complexity index is 1440. The lowest BCUT2D eigenvalue weighted by atomic mass is 10.2. The molecule has 0 saturated carbocycles. The van der Waals surface area contributed by atoms with Crippen molar-refractivity contribution in [3.05, 3.63) is 86.6 Å². The van der Waals surface area contributed by atoms with Crippen molar-refractivity contribution in [2.75, 3.05) is 7.11 Å². The molecule has 7 nitrogen and oxygen atoms in total. The van der Waals surface area contributed by atoms with Crippen molar-refractivity contribution in [1.29, 1.82) is 0 Å². The number of benzene rings is 2. The van der Waals surface area contributed by atoms with Gasteiger partial charge in [0.2, 0.25) is 5.91 Å². The van der Waals surface area contributed by atoms with Gasteiger partial charge in [-0.05, 0) is 61.7 Å². The fraction of sp³-hybridized carbons (Fsp3) is 0.269. The molecule has 34 heavy (non-hydrogen) atoms. The summed E-state index contributed by atoms with van der Waals surface area (Å²) in [6.07, 6.45) is 1.68. The SMILES string of the molecule is COc1cccc(CNC(=O)CCn2cnc3c(c(C)c(C)n3-c3cc(Cl)ccc3C)c2=O)c1. The molecule has 176 valence electrons. The smallest absolute Gasteiger partial charge is 0.263 e. The predicted molar refractivity (Wildman–Crippen MR) is 134 cm³/mol. The highest BCUT2D eigenvalue weighted by molar-refractivity contribution is 6.30. The van der Waals surface area contributed by atoms with Crippen molar-refractivity contribution in [1.82, 2.24) is 19.4 Å². The van der Waals surface area contributed by atoms with Crippen LogP contribution in [0.2, 0.25) is 5.02 Å². The summed E-state index contributed by atoms with van der Waals surface area (Å²) >= 11 is 6.24. The maximum Gasteiger partial charge on any atom is 0.263 e. The molecule has 1 amide bonds. The molecule has 0 unspecified atom stereocenters. The van der Waals surface area contributed by atoms with Gasteiger partial charge in [0, 0.05) is 30.2 Å². The lowest BCUT2D eigenvalue weighted by Gasteiger charge is -2.12. The van der Waals surface area contributed by atoms with Crippen LogP contribution in [0.25, 0.3) is 16.7 Å². The molecule has 0 aliphatic rings. The van der Waals surface area contributed by atoms with Crippen molar-refractivity contribution in [2.24, 2.45) is 0 Å². The van der Waals surface area contributed by atoms with Crippen molar-refractivity contribution in [3.63, 3.8) is 0 Å². The average Bonchev–Trinajstić information content (AvgIpc) is 3.09. The summed E-state index contributed by atoms with van der Waals surface area (Å²) < 4.78 is 8.68. The molecule has 4 aromatic rings. The molecule has 0 fully saturated rings. The van der Waals surface area contributed by atoms with Crippen LogP contribution in [0.3, 0.4) is 0 Å². The zero-order chi connectivity index (χ0) is 24.4. The molecule has 8 heteroatoms. The topological polar surface area (TPSA) is 78.2 Å². The molecular formula is C26H27ClN4O3. The van der Waals surface area contributed by atoms with Gasteiger partial charge in [-0.15, -0.1) is 0 Å². The summed E-state index contributed by atoms with van der Waals surface area (Å²) in [5, 5.41) is 4.06. The number of carbonyl (C=O) groups is 1. The van der Waals surface area contributed by atoms with Gasteiger partial charge in [-0.3, -0.25) is 18.7 Å². The Balaban J connectivity index is 1.55. The van der Waals surface area contributed by atoms with Crippen LogP contribution < -0.4 is 15.6 Å². The van der Waals surface area contributed by atoms with Crippen molar-refractivity contribution < 1.29 is 9.53 Å². The van der Waals surface area contributed by atoms with Crippen LogP contribution in [0.15, 0.2) is 53.6 Å². The van der Waals surface area contributed by atoms with Crippen LogP contribution in [0.5, 0.6) is 5.75 Å². The molecule has 0 aliphatic heterocycles. The Morgan fingerprint density at radius 1 is 1.15 bits per heavy atom. The van der Waals surface area contributed by atoms with Gasteiger partial charge < -0.3 is 10.1 Å². The maximum atomic E-state index is 13.3. The minimum absolute atomic E-state index is 0.144. The fourth-order valence-electron chi connectivity index (χ4n) is 4.06. The minimum atomic E-state index is -0.162. The molecule has 2 aromatic carbocycles. The van der Waals surface area contributed by atoms with Crippen molar-refractivity contribution in [2.45, 2.75) is 40.3 Å². The van der Waals surface area contributed by atoms with E-state index in [0.29, 0.717) is 22.6 Å². The Hall–Kier alpha value is -3.58. The maximum absolute atomic E-state index is 13.3. The number of hydrogen-bond donors (Lipinski definition) is 1. The molecule has 0 bridgehead atoms. The summed E-state index contributed by atoms with van der Waals surface area (Å²) in [6.45, 7) is 6.51. The second-order valence-electron chi connectivity index (χ2n) is 8.30. The van der Waals surface area contributed by atoms with Gasteiger partial charge in [0.1, 0.15) is 5.75 Å².